The van der Waals surface area contributed by atoms with Crippen LogP contribution in [0.5, 0.6) is 0 Å². The first-order valence-corrected chi connectivity index (χ1v) is 6.46. The SMILES string of the molecule is CC(C)=CCCC1(C)CCCC(C)(C)C1. The lowest BCUT2D eigenvalue weighted by molar-refractivity contribution is 0.0920. The van der Waals surface area contributed by atoms with Gasteiger partial charge < -0.3 is 0 Å². The fraction of sp³-hybridized carbons (Fsp3) is 0.867. The van der Waals surface area contributed by atoms with E-state index in [9.17, 15) is 0 Å². The van der Waals surface area contributed by atoms with Crippen molar-refractivity contribution >= 4 is 0 Å². The van der Waals surface area contributed by atoms with Crippen molar-refractivity contribution in [2.75, 3.05) is 0 Å². The molecule has 1 rings (SSSR count). The molecular weight excluding hydrogens is 180 g/mol. The maximum Gasteiger partial charge on any atom is -0.0318 e. The van der Waals surface area contributed by atoms with Crippen molar-refractivity contribution in [2.24, 2.45) is 10.8 Å². The molecule has 0 amide bonds. The van der Waals surface area contributed by atoms with Gasteiger partial charge in [-0.15, -0.1) is 0 Å². The fourth-order valence-corrected chi connectivity index (χ4v) is 3.25. The van der Waals surface area contributed by atoms with Gasteiger partial charge in [-0.25, -0.2) is 0 Å². The molecule has 0 spiro atoms. The monoisotopic (exact) mass is 208 g/mol. The third kappa shape index (κ3) is 4.40. The Hall–Kier alpha value is -0.260. The molecular formula is C15H28. The molecule has 15 heavy (non-hydrogen) atoms. The Labute approximate surface area is 96.2 Å². The van der Waals surface area contributed by atoms with Crippen LogP contribution in [0, 0.1) is 10.8 Å². The van der Waals surface area contributed by atoms with Crippen LogP contribution in [0.1, 0.15) is 73.1 Å². The highest BCUT2D eigenvalue weighted by atomic mass is 14.4. The van der Waals surface area contributed by atoms with Crippen LogP contribution < -0.4 is 0 Å². The van der Waals surface area contributed by atoms with Crippen molar-refractivity contribution in [3.8, 4) is 0 Å². The van der Waals surface area contributed by atoms with Crippen LogP contribution in [0.2, 0.25) is 0 Å². The summed E-state index contributed by atoms with van der Waals surface area (Å²) in [5.74, 6) is 0. The Balaban J connectivity index is 2.48. The van der Waals surface area contributed by atoms with Gasteiger partial charge in [0, 0.05) is 0 Å². The predicted molar refractivity (Wildman–Crippen MR) is 69.0 cm³/mol. The van der Waals surface area contributed by atoms with E-state index in [2.05, 4.69) is 40.7 Å². The van der Waals surface area contributed by atoms with E-state index in [0.717, 1.165) is 0 Å². The van der Waals surface area contributed by atoms with Crippen LogP contribution in [0.15, 0.2) is 11.6 Å². The van der Waals surface area contributed by atoms with Crippen LogP contribution in [-0.2, 0) is 0 Å². The number of rotatable bonds is 3. The molecule has 1 unspecified atom stereocenters. The lowest BCUT2D eigenvalue weighted by Crippen LogP contribution is -2.30. The molecule has 0 heteroatoms. The molecule has 0 aliphatic heterocycles. The van der Waals surface area contributed by atoms with Crippen molar-refractivity contribution in [1.82, 2.24) is 0 Å². The van der Waals surface area contributed by atoms with Crippen molar-refractivity contribution in [1.29, 1.82) is 0 Å². The summed E-state index contributed by atoms with van der Waals surface area (Å²) in [6, 6.07) is 0. The van der Waals surface area contributed by atoms with Gasteiger partial charge in [0.2, 0.25) is 0 Å². The number of hydrogen-bond acceptors (Lipinski definition) is 0. The molecule has 0 bridgehead atoms. The highest BCUT2D eigenvalue weighted by Crippen LogP contribution is 2.48. The van der Waals surface area contributed by atoms with Gasteiger partial charge in [0.15, 0.2) is 0 Å². The van der Waals surface area contributed by atoms with Gasteiger partial charge >= 0.3 is 0 Å². The molecule has 0 radical (unpaired) electrons. The smallest absolute Gasteiger partial charge is 0.0318 e. The minimum Gasteiger partial charge on any atom is -0.0859 e. The first-order chi connectivity index (χ1) is 6.83. The third-order valence-electron chi connectivity index (χ3n) is 3.84. The Morgan fingerprint density at radius 1 is 1.13 bits per heavy atom. The maximum absolute atomic E-state index is 2.49. The molecule has 0 aromatic carbocycles. The summed E-state index contributed by atoms with van der Waals surface area (Å²) in [5.41, 5.74) is 2.65. The van der Waals surface area contributed by atoms with Crippen molar-refractivity contribution in [3.05, 3.63) is 11.6 Å². The minimum atomic E-state index is 0.581. The average molecular weight is 208 g/mol. The zero-order valence-electron chi connectivity index (χ0n) is 11.3. The number of hydrogen-bond donors (Lipinski definition) is 0. The summed E-state index contributed by atoms with van der Waals surface area (Å²) in [6.45, 7) is 11.8. The van der Waals surface area contributed by atoms with Gasteiger partial charge in [-0.2, -0.15) is 0 Å². The lowest BCUT2D eigenvalue weighted by Gasteiger charge is -2.43. The van der Waals surface area contributed by atoms with Crippen LogP contribution in [0.3, 0.4) is 0 Å². The van der Waals surface area contributed by atoms with Gasteiger partial charge in [0.05, 0.1) is 0 Å². The molecule has 1 atom stereocenters. The van der Waals surface area contributed by atoms with E-state index in [1.54, 1.807) is 0 Å². The molecule has 0 aromatic heterocycles. The summed E-state index contributed by atoms with van der Waals surface area (Å²) in [6.07, 6.45) is 10.7. The van der Waals surface area contributed by atoms with Crippen LogP contribution in [-0.4, -0.2) is 0 Å². The fourth-order valence-electron chi connectivity index (χ4n) is 3.25. The van der Waals surface area contributed by atoms with Crippen LogP contribution in [0.4, 0.5) is 0 Å². The van der Waals surface area contributed by atoms with Crippen molar-refractivity contribution in [3.63, 3.8) is 0 Å². The summed E-state index contributed by atoms with van der Waals surface area (Å²) < 4.78 is 0. The predicted octanol–water partition coefficient (Wildman–Crippen LogP) is 5.34. The van der Waals surface area contributed by atoms with Crippen molar-refractivity contribution in [2.45, 2.75) is 73.1 Å². The van der Waals surface area contributed by atoms with Gasteiger partial charge in [-0.05, 0) is 56.8 Å². The molecule has 1 saturated carbocycles. The van der Waals surface area contributed by atoms with E-state index in [1.807, 2.05) is 0 Å². The molecule has 0 aromatic rings. The van der Waals surface area contributed by atoms with Gasteiger partial charge in [-0.1, -0.05) is 38.8 Å². The minimum absolute atomic E-state index is 0.581. The van der Waals surface area contributed by atoms with E-state index in [-0.39, 0.29) is 0 Å². The van der Waals surface area contributed by atoms with Crippen molar-refractivity contribution < 1.29 is 0 Å². The number of allylic oxidation sites excluding steroid dienone is 2. The zero-order valence-corrected chi connectivity index (χ0v) is 11.3. The third-order valence-corrected chi connectivity index (χ3v) is 3.84. The van der Waals surface area contributed by atoms with E-state index in [4.69, 9.17) is 0 Å². The zero-order chi connectivity index (χ0) is 11.5. The maximum atomic E-state index is 2.49. The molecule has 1 fully saturated rings. The normalized spacial score (nSPS) is 29.9. The summed E-state index contributed by atoms with van der Waals surface area (Å²) >= 11 is 0. The van der Waals surface area contributed by atoms with E-state index in [1.165, 1.54) is 44.1 Å². The lowest BCUT2D eigenvalue weighted by atomic mass is 9.63. The van der Waals surface area contributed by atoms with Gasteiger partial charge in [0.1, 0.15) is 0 Å². The largest absolute Gasteiger partial charge is 0.0859 e. The Kier molecular flexibility index (Phi) is 4.03. The van der Waals surface area contributed by atoms with Crippen LogP contribution in [0.25, 0.3) is 0 Å². The standard InChI is InChI=1S/C15H28/c1-13(2)8-6-10-15(5)11-7-9-14(3,4)12-15/h8H,6-7,9-12H2,1-5H3. The Bertz CT molecular complexity index is 230. The first kappa shape index (κ1) is 12.8. The Morgan fingerprint density at radius 2 is 1.80 bits per heavy atom. The molecule has 0 saturated heterocycles. The van der Waals surface area contributed by atoms with Crippen LogP contribution >= 0.6 is 0 Å². The quantitative estimate of drug-likeness (QED) is 0.549. The summed E-state index contributed by atoms with van der Waals surface area (Å²) in [4.78, 5) is 0. The topological polar surface area (TPSA) is 0 Å². The summed E-state index contributed by atoms with van der Waals surface area (Å²) in [5, 5.41) is 0. The molecule has 88 valence electrons. The molecule has 0 nitrogen and oxygen atoms in total. The van der Waals surface area contributed by atoms with E-state index >= 15 is 0 Å². The average Bonchev–Trinajstić information content (AvgIpc) is 1.99. The highest BCUT2D eigenvalue weighted by Gasteiger charge is 2.35. The second-order valence-corrected chi connectivity index (χ2v) is 6.83. The highest BCUT2D eigenvalue weighted by molar-refractivity contribution is 4.95. The van der Waals surface area contributed by atoms with Gasteiger partial charge in [-0.3, -0.25) is 0 Å². The molecule has 0 N–H and O–H groups in total. The summed E-state index contributed by atoms with van der Waals surface area (Å²) in [7, 11) is 0. The second-order valence-electron chi connectivity index (χ2n) is 6.83. The molecule has 0 heterocycles. The molecule has 1 aliphatic carbocycles. The van der Waals surface area contributed by atoms with E-state index in [0.29, 0.717) is 10.8 Å². The van der Waals surface area contributed by atoms with E-state index < -0.39 is 0 Å². The van der Waals surface area contributed by atoms with Gasteiger partial charge in [0.25, 0.3) is 0 Å². The Morgan fingerprint density at radius 3 is 2.33 bits per heavy atom. The first-order valence-electron chi connectivity index (χ1n) is 6.46. The molecule has 1 aliphatic rings. The second kappa shape index (κ2) is 4.72.